The first-order chi connectivity index (χ1) is 16.9. The maximum absolute atomic E-state index is 13.7. The number of rotatable bonds is 10. The van der Waals surface area contributed by atoms with Gasteiger partial charge in [-0.15, -0.1) is 13.2 Å². The van der Waals surface area contributed by atoms with Gasteiger partial charge in [-0.2, -0.15) is 0 Å². The SMILES string of the molecule is C=CCN1C(C)(C)CC(OC(=O)C(CC)(CC)C(=O)OC2CC(C)(C)N(CC=C)C(C)(C)C2)CC1(C)C. The van der Waals surface area contributed by atoms with Crippen LogP contribution in [0.3, 0.4) is 0 Å². The van der Waals surface area contributed by atoms with Crippen LogP contribution >= 0.6 is 0 Å². The fourth-order valence-electron chi connectivity index (χ4n) is 7.30. The molecule has 0 aromatic rings. The van der Waals surface area contributed by atoms with E-state index in [-0.39, 0.29) is 34.4 Å². The number of likely N-dealkylation sites (tertiary alicyclic amines) is 2. The topological polar surface area (TPSA) is 59.1 Å². The molecule has 0 bridgehead atoms. The lowest BCUT2D eigenvalue weighted by Gasteiger charge is -2.55. The minimum Gasteiger partial charge on any atom is -0.461 e. The third-order valence-electron chi connectivity index (χ3n) is 8.99. The molecule has 0 aromatic carbocycles. The van der Waals surface area contributed by atoms with Crippen molar-refractivity contribution in [2.45, 2.75) is 142 Å². The number of carbonyl (C=O) groups is 2. The van der Waals surface area contributed by atoms with E-state index in [0.717, 1.165) is 13.1 Å². The van der Waals surface area contributed by atoms with Gasteiger partial charge in [0.1, 0.15) is 12.2 Å². The Hall–Kier alpha value is -1.66. The van der Waals surface area contributed by atoms with Gasteiger partial charge >= 0.3 is 11.9 Å². The molecule has 212 valence electrons. The number of nitrogens with zero attached hydrogens (tertiary/aromatic N) is 2. The van der Waals surface area contributed by atoms with Crippen molar-refractivity contribution in [3.05, 3.63) is 25.3 Å². The first kappa shape index (κ1) is 31.6. The molecule has 0 unspecified atom stereocenters. The lowest BCUT2D eigenvalue weighted by Crippen LogP contribution is -2.63. The van der Waals surface area contributed by atoms with Crippen LogP contribution in [0.2, 0.25) is 0 Å². The second-order valence-corrected chi connectivity index (χ2v) is 13.7. The molecule has 2 fully saturated rings. The summed E-state index contributed by atoms with van der Waals surface area (Å²) < 4.78 is 12.3. The molecule has 0 radical (unpaired) electrons. The largest absolute Gasteiger partial charge is 0.461 e. The van der Waals surface area contributed by atoms with Crippen molar-refractivity contribution < 1.29 is 19.1 Å². The second-order valence-electron chi connectivity index (χ2n) is 13.7. The van der Waals surface area contributed by atoms with Crippen molar-refractivity contribution in [3.8, 4) is 0 Å². The molecule has 2 saturated heterocycles. The van der Waals surface area contributed by atoms with E-state index < -0.39 is 17.4 Å². The van der Waals surface area contributed by atoms with Gasteiger partial charge in [0, 0.05) is 60.9 Å². The Morgan fingerprint density at radius 2 is 0.973 bits per heavy atom. The van der Waals surface area contributed by atoms with Crippen molar-refractivity contribution >= 4 is 11.9 Å². The third kappa shape index (κ3) is 6.50. The molecule has 6 heteroatoms. The molecule has 0 amide bonds. The summed E-state index contributed by atoms with van der Waals surface area (Å²) in [6, 6.07) is 0. The van der Waals surface area contributed by atoms with E-state index >= 15 is 0 Å². The summed E-state index contributed by atoms with van der Waals surface area (Å²) in [5, 5.41) is 0. The number of hydrogen-bond donors (Lipinski definition) is 0. The standard InChI is InChI=1S/C31H54N2O4/c1-13-17-32-27(5,6)19-23(20-28(32,7)8)36-25(34)31(15-3,16-4)26(35)37-24-21-29(9,10)33(18-14-2)30(11,12)22-24/h13-14,23-24H,1-2,15-22H2,3-12H3. The zero-order valence-electron chi connectivity index (χ0n) is 25.4. The van der Waals surface area contributed by atoms with Crippen molar-refractivity contribution in [2.24, 2.45) is 5.41 Å². The van der Waals surface area contributed by atoms with Gasteiger partial charge < -0.3 is 9.47 Å². The molecule has 0 aliphatic carbocycles. The minimum atomic E-state index is -1.29. The van der Waals surface area contributed by atoms with Crippen LogP contribution in [-0.4, -0.2) is 69.2 Å². The van der Waals surface area contributed by atoms with Gasteiger partial charge in [0.05, 0.1) is 0 Å². The molecule has 2 rings (SSSR count). The summed E-state index contributed by atoms with van der Waals surface area (Å²) in [7, 11) is 0. The van der Waals surface area contributed by atoms with Gasteiger partial charge in [-0.1, -0.05) is 26.0 Å². The minimum absolute atomic E-state index is 0.168. The van der Waals surface area contributed by atoms with E-state index in [1.54, 1.807) is 0 Å². The van der Waals surface area contributed by atoms with Crippen molar-refractivity contribution in [1.82, 2.24) is 9.80 Å². The normalized spacial score (nSPS) is 24.3. The van der Waals surface area contributed by atoms with E-state index in [9.17, 15) is 9.59 Å². The van der Waals surface area contributed by atoms with Crippen LogP contribution in [0.5, 0.6) is 0 Å². The smallest absolute Gasteiger partial charge is 0.323 e. The van der Waals surface area contributed by atoms with Gasteiger partial charge in [0.2, 0.25) is 0 Å². The highest BCUT2D eigenvalue weighted by molar-refractivity contribution is 6.00. The lowest BCUT2D eigenvalue weighted by molar-refractivity contribution is -0.188. The van der Waals surface area contributed by atoms with Crippen molar-refractivity contribution in [2.75, 3.05) is 13.1 Å². The maximum Gasteiger partial charge on any atom is 0.323 e. The van der Waals surface area contributed by atoms with E-state index in [1.165, 1.54) is 0 Å². The Kier molecular flexibility index (Phi) is 9.57. The second kappa shape index (κ2) is 11.2. The highest BCUT2D eigenvalue weighted by atomic mass is 16.6. The molecule has 0 atom stereocenters. The van der Waals surface area contributed by atoms with Crippen LogP contribution in [0.4, 0.5) is 0 Å². The monoisotopic (exact) mass is 518 g/mol. The Labute approximate surface area is 226 Å². The first-order valence-corrected chi connectivity index (χ1v) is 14.1. The van der Waals surface area contributed by atoms with Crippen LogP contribution < -0.4 is 0 Å². The van der Waals surface area contributed by atoms with E-state index in [0.29, 0.717) is 38.5 Å². The zero-order chi connectivity index (χ0) is 28.4. The molecule has 37 heavy (non-hydrogen) atoms. The van der Waals surface area contributed by atoms with Gasteiger partial charge in [0.15, 0.2) is 5.41 Å². The van der Waals surface area contributed by atoms with Gasteiger partial charge in [-0.3, -0.25) is 19.4 Å². The fourth-order valence-corrected chi connectivity index (χ4v) is 7.30. The zero-order valence-corrected chi connectivity index (χ0v) is 25.4. The number of hydrogen-bond acceptors (Lipinski definition) is 6. The Bertz CT molecular complexity index is 751. The first-order valence-electron chi connectivity index (χ1n) is 14.1. The van der Waals surface area contributed by atoms with Crippen LogP contribution in [0.25, 0.3) is 0 Å². The summed E-state index contributed by atoms with van der Waals surface area (Å²) >= 11 is 0. The molecule has 2 heterocycles. The summed E-state index contributed by atoms with van der Waals surface area (Å²) in [5.74, 6) is -0.891. The molecular formula is C31H54N2O4. The van der Waals surface area contributed by atoms with Gasteiger partial charge in [-0.25, -0.2) is 0 Å². The molecule has 2 aliphatic heterocycles. The number of piperidine rings is 2. The van der Waals surface area contributed by atoms with E-state index in [4.69, 9.17) is 9.47 Å². The Balaban J connectivity index is 2.22. The predicted molar refractivity (Wildman–Crippen MR) is 151 cm³/mol. The van der Waals surface area contributed by atoms with Gasteiger partial charge in [-0.05, 0) is 68.2 Å². The van der Waals surface area contributed by atoms with Crippen molar-refractivity contribution in [1.29, 1.82) is 0 Å². The van der Waals surface area contributed by atoms with Gasteiger partial charge in [0.25, 0.3) is 0 Å². The van der Waals surface area contributed by atoms with Crippen LogP contribution in [-0.2, 0) is 19.1 Å². The number of carbonyl (C=O) groups excluding carboxylic acids is 2. The van der Waals surface area contributed by atoms with E-state index in [2.05, 4.69) is 78.3 Å². The molecule has 6 nitrogen and oxygen atoms in total. The molecular weight excluding hydrogens is 464 g/mol. The summed E-state index contributed by atoms with van der Waals surface area (Å²) in [6.07, 6.45) is 6.86. The quantitative estimate of drug-likeness (QED) is 0.192. The Morgan fingerprint density at radius 3 is 1.19 bits per heavy atom. The highest BCUT2D eigenvalue weighted by Crippen LogP contribution is 2.43. The summed E-state index contributed by atoms with van der Waals surface area (Å²) in [5.41, 5.74) is -1.96. The number of ether oxygens (including phenoxy) is 2. The predicted octanol–water partition coefficient (Wildman–Crippen LogP) is 6.29. The highest BCUT2D eigenvalue weighted by Gasteiger charge is 2.52. The Morgan fingerprint density at radius 1 is 0.703 bits per heavy atom. The molecule has 0 N–H and O–H groups in total. The molecule has 0 aromatic heterocycles. The number of esters is 2. The average molecular weight is 519 g/mol. The van der Waals surface area contributed by atoms with Crippen LogP contribution in [0.1, 0.15) is 108 Å². The van der Waals surface area contributed by atoms with E-state index in [1.807, 2.05) is 26.0 Å². The average Bonchev–Trinajstić information content (AvgIpc) is 2.73. The molecule has 0 spiro atoms. The lowest BCUT2D eigenvalue weighted by atomic mass is 9.77. The molecule has 2 aliphatic rings. The maximum atomic E-state index is 13.7. The van der Waals surface area contributed by atoms with Crippen molar-refractivity contribution in [3.63, 3.8) is 0 Å². The van der Waals surface area contributed by atoms with Crippen LogP contribution in [0, 0.1) is 5.41 Å². The molecule has 0 saturated carbocycles. The summed E-state index contributed by atoms with van der Waals surface area (Å²) in [6.45, 7) is 30.6. The summed E-state index contributed by atoms with van der Waals surface area (Å²) in [4.78, 5) is 32.3. The van der Waals surface area contributed by atoms with Crippen LogP contribution in [0.15, 0.2) is 25.3 Å². The third-order valence-corrected chi connectivity index (χ3v) is 8.99. The fraction of sp³-hybridized carbons (Fsp3) is 0.806.